The lowest BCUT2D eigenvalue weighted by molar-refractivity contribution is -0.119. The van der Waals surface area contributed by atoms with Crippen molar-refractivity contribution in [2.24, 2.45) is 5.73 Å². The summed E-state index contributed by atoms with van der Waals surface area (Å²) in [6.45, 7) is 1.49. The fourth-order valence-corrected chi connectivity index (χ4v) is 1.70. The molecular weight excluding hydrogens is 258 g/mol. The van der Waals surface area contributed by atoms with Crippen molar-refractivity contribution in [3.05, 3.63) is 39.2 Å². The first kappa shape index (κ1) is 12.4. The van der Waals surface area contributed by atoms with E-state index in [1.165, 1.54) is 6.07 Å². The van der Waals surface area contributed by atoms with Crippen molar-refractivity contribution in [1.29, 1.82) is 0 Å². The van der Waals surface area contributed by atoms with Gasteiger partial charge in [-0.1, -0.05) is 11.6 Å². The van der Waals surface area contributed by atoms with Gasteiger partial charge in [0.25, 0.3) is 5.91 Å². The monoisotopic (exact) mass is 267 g/mol. The number of halogens is 1. The lowest BCUT2D eigenvalue weighted by Crippen LogP contribution is -2.20. The number of fused-ring (bicyclic) bond motifs is 1. The van der Waals surface area contributed by atoms with Gasteiger partial charge in [-0.25, -0.2) is 4.79 Å². The first-order chi connectivity index (χ1) is 8.49. The molecule has 0 bridgehead atoms. The molecule has 1 heterocycles. The Hall–Kier alpha value is -2.01. The molecule has 0 atom stereocenters. The van der Waals surface area contributed by atoms with Crippen molar-refractivity contribution in [1.82, 2.24) is 0 Å². The van der Waals surface area contributed by atoms with E-state index in [0.717, 1.165) is 0 Å². The third-order valence-corrected chi connectivity index (χ3v) is 2.89. The fourth-order valence-electron chi connectivity index (χ4n) is 1.56. The second-order valence-corrected chi connectivity index (χ2v) is 4.12. The van der Waals surface area contributed by atoms with Crippen LogP contribution in [0.15, 0.2) is 27.4 Å². The molecule has 18 heavy (non-hydrogen) atoms. The minimum absolute atomic E-state index is 0.0632. The van der Waals surface area contributed by atoms with E-state index in [4.69, 9.17) is 26.5 Å². The molecule has 0 radical (unpaired) electrons. The maximum Gasteiger partial charge on any atom is 0.355 e. The van der Waals surface area contributed by atoms with Gasteiger partial charge in [0, 0.05) is 11.5 Å². The largest absolute Gasteiger partial charge is 0.484 e. The molecular formula is C12H10ClNO4. The third-order valence-electron chi connectivity index (χ3n) is 2.45. The van der Waals surface area contributed by atoms with Crippen LogP contribution in [0.2, 0.25) is 5.02 Å². The van der Waals surface area contributed by atoms with Crippen LogP contribution in [0.4, 0.5) is 0 Å². The van der Waals surface area contributed by atoms with Crippen LogP contribution in [0.1, 0.15) is 5.56 Å². The molecule has 6 heteroatoms. The van der Waals surface area contributed by atoms with E-state index in [9.17, 15) is 9.59 Å². The molecule has 2 rings (SSSR count). The number of amides is 1. The van der Waals surface area contributed by atoms with Crippen LogP contribution in [-0.4, -0.2) is 12.5 Å². The Morgan fingerprint density at radius 2 is 2.22 bits per heavy atom. The minimum atomic E-state index is -0.603. The molecule has 2 N–H and O–H groups in total. The van der Waals surface area contributed by atoms with Gasteiger partial charge in [-0.3, -0.25) is 4.79 Å². The average Bonchev–Trinajstić information content (AvgIpc) is 2.33. The Kier molecular flexibility index (Phi) is 3.25. The van der Waals surface area contributed by atoms with Gasteiger partial charge in [-0.05, 0) is 24.6 Å². The predicted octanol–water partition coefficient (Wildman–Crippen LogP) is 1.62. The highest BCUT2D eigenvalue weighted by Gasteiger charge is 2.10. The molecule has 1 aromatic heterocycles. The molecule has 0 aliphatic heterocycles. The number of nitrogens with two attached hydrogens (primary N) is 1. The van der Waals surface area contributed by atoms with E-state index in [2.05, 4.69) is 0 Å². The van der Waals surface area contributed by atoms with Gasteiger partial charge in [0.2, 0.25) is 0 Å². The maximum atomic E-state index is 11.4. The number of ether oxygens (including phenoxy) is 1. The van der Waals surface area contributed by atoms with Crippen molar-refractivity contribution in [3.8, 4) is 5.75 Å². The quantitative estimate of drug-likeness (QED) is 0.857. The molecule has 0 saturated carbocycles. The van der Waals surface area contributed by atoms with Gasteiger partial charge in [-0.15, -0.1) is 0 Å². The number of hydrogen-bond donors (Lipinski definition) is 1. The highest BCUT2D eigenvalue weighted by molar-refractivity contribution is 6.31. The topological polar surface area (TPSA) is 82.5 Å². The summed E-state index contributed by atoms with van der Waals surface area (Å²) in [6, 6.07) is 4.87. The van der Waals surface area contributed by atoms with E-state index in [1.54, 1.807) is 19.1 Å². The normalized spacial score (nSPS) is 10.6. The van der Waals surface area contributed by atoms with Gasteiger partial charge in [0.1, 0.15) is 16.4 Å². The zero-order chi connectivity index (χ0) is 13.3. The number of primary amides is 1. The summed E-state index contributed by atoms with van der Waals surface area (Å²) < 4.78 is 10.2. The molecule has 0 saturated heterocycles. The Morgan fingerprint density at radius 3 is 2.89 bits per heavy atom. The Morgan fingerprint density at radius 1 is 1.50 bits per heavy atom. The summed E-state index contributed by atoms with van der Waals surface area (Å²) >= 11 is 5.80. The predicted molar refractivity (Wildman–Crippen MR) is 66.9 cm³/mol. The lowest BCUT2D eigenvalue weighted by atomic mass is 10.1. The van der Waals surface area contributed by atoms with E-state index >= 15 is 0 Å². The van der Waals surface area contributed by atoms with Crippen molar-refractivity contribution in [3.63, 3.8) is 0 Å². The first-order valence-corrected chi connectivity index (χ1v) is 5.51. The molecule has 94 valence electrons. The van der Waals surface area contributed by atoms with Crippen LogP contribution in [0, 0.1) is 6.92 Å². The van der Waals surface area contributed by atoms with Crippen LogP contribution in [0.25, 0.3) is 11.0 Å². The van der Waals surface area contributed by atoms with Crippen LogP contribution >= 0.6 is 11.6 Å². The van der Waals surface area contributed by atoms with Gasteiger partial charge in [0.15, 0.2) is 6.61 Å². The number of hydrogen-bond acceptors (Lipinski definition) is 4. The van der Waals surface area contributed by atoms with Gasteiger partial charge < -0.3 is 14.9 Å². The fraction of sp³-hybridized carbons (Fsp3) is 0.167. The molecule has 0 fully saturated rings. The number of carbonyl (C=O) groups excluding carboxylic acids is 1. The van der Waals surface area contributed by atoms with Crippen molar-refractivity contribution in [2.45, 2.75) is 6.92 Å². The van der Waals surface area contributed by atoms with E-state index < -0.39 is 11.5 Å². The zero-order valence-corrected chi connectivity index (χ0v) is 10.3. The summed E-state index contributed by atoms with van der Waals surface area (Å²) in [6.07, 6.45) is 0. The van der Waals surface area contributed by atoms with Crippen LogP contribution in [0.3, 0.4) is 0 Å². The SMILES string of the molecule is Cc1c(Cl)c(=O)oc2cc(OCC(N)=O)ccc12. The molecule has 0 aliphatic carbocycles. The highest BCUT2D eigenvalue weighted by atomic mass is 35.5. The summed E-state index contributed by atoms with van der Waals surface area (Å²) in [5.41, 5.74) is 5.36. The second kappa shape index (κ2) is 4.70. The van der Waals surface area contributed by atoms with Crippen LogP contribution in [-0.2, 0) is 4.79 Å². The van der Waals surface area contributed by atoms with Gasteiger partial charge in [0.05, 0.1) is 0 Å². The van der Waals surface area contributed by atoms with Gasteiger partial charge >= 0.3 is 5.63 Å². The second-order valence-electron chi connectivity index (χ2n) is 3.74. The Balaban J connectivity index is 2.49. The number of rotatable bonds is 3. The van der Waals surface area contributed by atoms with E-state index in [1.807, 2.05) is 0 Å². The third kappa shape index (κ3) is 2.31. The number of aryl methyl sites for hydroxylation is 1. The summed E-state index contributed by atoms with van der Waals surface area (Å²) in [7, 11) is 0. The minimum Gasteiger partial charge on any atom is -0.484 e. The highest BCUT2D eigenvalue weighted by Crippen LogP contribution is 2.25. The summed E-state index contributed by atoms with van der Waals surface area (Å²) in [5, 5.41) is 0.777. The molecule has 2 aromatic rings. The molecule has 0 unspecified atom stereocenters. The zero-order valence-electron chi connectivity index (χ0n) is 9.53. The first-order valence-electron chi connectivity index (χ1n) is 5.13. The van der Waals surface area contributed by atoms with Crippen molar-refractivity contribution >= 4 is 28.5 Å². The average molecular weight is 268 g/mol. The number of benzene rings is 1. The molecule has 5 nitrogen and oxygen atoms in total. The summed E-state index contributed by atoms with van der Waals surface area (Å²) in [5.74, 6) is -0.185. The Bertz CT molecular complexity index is 678. The smallest absolute Gasteiger partial charge is 0.355 e. The standard InChI is InChI=1S/C12H10ClNO4/c1-6-8-3-2-7(17-5-10(14)15)4-9(8)18-12(16)11(6)13/h2-4H,5H2,1H3,(H2,14,15). The Labute approximate surface area is 107 Å². The number of carbonyl (C=O) groups is 1. The lowest BCUT2D eigenvalue weighted by Gasteiger charge is -2.06. The molecule has 0 aliphatic rings. The van der Waals surface area contributed by atoms with Crippen LogP contribution < -0.4 is 16.1 Å². The molecule has 1 aromatic carbocycles. The van der Waals surface area contributed by atoms with E-state index in [-0.39, 0.29) is 11.6 Å². The van der Waals surface area contributed by atoms with Crippen LogP contribution in [0.5, 0.6) is 5.75 Å². The molecule has 0 spiro atoms. The maximum absolute atomic E-state index is 11.4. The van der Waals surface area contributed by atoms with Gasteiger partial charge in [-0.2, -0.15) is 0 Å². The summed E-state index contributed by atoms with van der Waals surface area (Å²) in [4.78, 5) is 22.0. The van der Waals surface area contributed by atoms with Crippen molar-refractivity contribution in [2.75, 3.05) is 6.61 Å². The van der Waals surface area contributed by atoms with Crippen molar-refractivity contribution < 1.29 is 13.9 Å². The molecule has 1 amide bonds. The van der Waals surface area contributed by atoms with E-state index in [0.29, 0.717) is 22.3 Å².